The molecule has 0 aromatic carbocycles. The van der Waals surface area contributed by atoms with E-state index in [-0.39, 0.29) is 5.54 Å². The minimum absolute atomic E-state index is 0.173. The topological polar surface area (TPSA) is 12.0 Å². The average molecular weight is 196 g/mol. The molecule has 3 heteroatoms. The van der Waals surface area contributed by atoms with Crippen molar-refractivity contribution < 1.29 is 0 Å². The maximum Gasteiger partial charge on any atom is 0.122 e. The van der Waals surface area contributed by atoms with Crippen molar-refractivity contribution in [3.8, 4) is 0 Å². The quantitative estimate of drug-likeness (QED) is 0.669. The third-order valence-electron chi connectivity index (χ3n) is 1.83. The Balaban J connectivity index is 2.16. The third kappa shape index (κ3) is 3.18. The van der Waals surface area contributed by atoms with Crippen molar-refractivity contribution in [1.29, 1.82) is 0 Å². The summed E-state index contributed by atoms with van der Waals surface area (Å²) in [6.07, 6.45) is 0.930. The fraction of sp³-hybridized carbons (Fsp3) is 1.00. The molecule has 0 aliphatic heterocycles. The second-order valence-electron chi connectivity index (χ2n) is 4.29. The maximum atomic E-state index is 5.86. The highest BCUT2D eigenvalue weighted by atomic mass is 35.5. The van der Waals surface area contributed by atoms with Crippen LogP contribution in [-0.2, 0) is 0 Å². The van der Waals surface area contributed by atoms with Gasteiger partial charge in [0.15, 0.2) is 0 Å². The molecule has 1 saturated carbocycles. The zero-order valence-corrected chi connectivity index (χ0v) is 8.76. The van der Waals surface area contributed by atoms with Crippen molar-refractivity contribution in [2.45, 2.75) is 37.1 Å². The second-order valence-corrected chi connectivity index (χ2v) is 5.84. The second kappa shape index (κ2) is 2.79. The van der Waals surface area contributed by atoms with Gasteiger partial charge in [0, 0.05) is 18.0 Å². The molecule has 1 nitrogen and oxygen atoms in total. The Bertz CT molecular complexity index is 149. The van der Waals surface area contributed by atoms with Crippen molar-refractivity contribution in [2.24, 2.45) is 5.92 Å². The summed E-state index contributed by atoms with van der Waals surface area (Å²) in [6, 6.07) is 0. The van der Waals surface area contributed by atoms with E-state index in [1.54, 1.807) is 0 Å². The average Bonchev–Trinajstić information content (AvgIpc) is 2.33. The molecule has 0 aromatic rings. The zero-order chi connectivity index (χ0) is 8.70. The molecule has 1 N–H and O–H groups in total. The van der Waals surface area contributed by atoms with E-state index in [2.05, 4.69) is 26.1 Å². The molecule has 0 amide bonds. The van der Waals surface area contributed by atoms with Crippen LogP contribution < -0.4 is 5.32 Å². The molecule has 66 valence electrons. The molecule has 1 unspecified atom stereocenters. The first-order valence-corrected chi connectivity index (χ1v) is 4.70. The number of halogens is 2. The number of hydrogen-bond acceptors (Lipinski definition) is 1. The van der Waals surface area contributed by atoms with Gasteiger partial charge in [-0.15, -0.1) is 23.2 Å². The Kier molecular flexibility index (Phi) is 2.44. The number of rotatable bonds is 2. The van der Waals surface area contributed by atoms with E-state index in [0.29, 0.717) is 5.92 Å². The van der Waals surface area contributed by atoms with Gasteiger partial charge < -0.3 is 5.32 Å². The van der Waals surface area contributed by atoms with Gasteiger partial charge in [-0.1, -0.05) is 0 Å². The van der Waals surface area contributed by atoms with Crippen LogP contribution in [0, 0.1) is 5.92 Å². The van der Waals surface area contributed by atoms with Crippen molar-refractivity contribution >= 4 is 23.2 Å². The predicted octanol–water partition coefficient (Wildman–Crippen LogP) is 2.57. The van der Waals surface area contributed by atoms with Gasteiger partial charge in [0.05, 0.1) is 0 Å². The molecule has 1 aliphatic carbocycles. The van der Waals surface area contributed by atoms with Gasteiger partial charge in [-0.2, -0.15) is 0 Å². The fourth-order valence-corrected chi connectivity index (χ4v) is 1.45. The van der Waals surface area contributed by atoms with Gasteiger partial charge in [-0.3, -0.25) is 0 Å². The normalized spacial score (nSPS) is 28.6. The van der Waals surface area contributed by atoms with Gasteiger partial charge >= 0.3 is 0 Å². The zero-order valence-electron chi connectivity index (χ0n) is 7.25. The van der Waals surface area contributed by atoms with E-state index in [0.717, 1.165) is 13.0 Å². The molecule has 11 heavy (non-hydrogen) atoms. The van der Waals surface area contributed by atoms with Crippen LogP contribution in [0.5, 0.6) is 0 Å². The molecule has 0 aromatic heterocycles. The smallest absolute Gasteiger partial charge is 0.122 e. The van der Waals surface area contributed by atoms with Gasteiger partial charge in [0.1, 0.15) is 4.33 Å². The van der Waals surface area contributed by atoms with Crippen molar-refractivity contribution in [3.63, 3.8) is 0 Å². The Hall–Kier alpha value is 0.540. The minimum Gasteiger partial charge on any atom is -0.312 e. The van der Waals surface area contributed by atoms with E-state index in [4.69, 9.17) is 23.2 Å². The first-order chi connectivity index (χ1) is 4.81. The van der Waals surface area contributed by atoms with E-state index in [1.165, 1.54) is 0 Å². The maximum absolute atomic E-state index is 5.86. The van der Waals surface area contributed by atoms with Gasteiger partial charge in [0.25, 0.3) is 0 Å². The Morgan fingerprint density at radius 3 is 2.18 bits per heavy atom. The molecule has 1 atom stereocenters. The van der Waals surface area contributed by atoms with Gasteiger partial charge in [-0.05, 0) is 27.2 Å². The Morgan fingerprint density at radius 2 is 1.91 bits per heavy atom. The first-order valence-electron chi connectivity index (χ1n) is 3.94. The molecular weight excluding hydrogens is 181 g/mol. The van der Waals surface area contributed by atoms with Crippen molar-refractivity contribution in [1.82, 2.24) is 5.32 Å². The molecule has 0 spiro atoms. The summed E-state index contributed by atoms with van der Waals surface area (Å²) in [6.45, 7) is 7.34. The molecule has 1 fully saturated rings. The van der Waals surface area contributed by atoms with Crippen LogP contribution >= 0.6 is 23.2 Å². The van der Waals surface area contributed by atoms with Crippen LogP contribution in [0.25, 0.3) is 0 Å². The molecule has 1 aliphatic rings. The van der Waals surface area contributed by atoms with Crippen LogP contribution in [0.4, 0.5) is 0 Å². The lowest BCUT2D eigenvalue weighted by molar-refractivity contribution is 0.415. The molecule has 0 saturated heterocycles. The van der Waals surface area contributed by atoms with Crippen LogP contribution in [0.15, 0.2) is 0 Å². The minimum atomic E-state index is -0.432. The molecule has 0 radical (unpaired) electrons. The number of alkyl halides is 2. The van der Waals surface area contributed by atoms with Crippen LogP contribution in [-0.4, -0.2) is 16.4 Å². The summed E-state index contributed by atoms with van der Waals surface area (Å²) in [7, 11) is 0. The lowest BCUT2D eigenvalue weighted by Gasteiger charge is -2.20. The first kappa shape index (κ1) is 9.63. The van der Waals surface area contributed by atoms with Crippen LogP contribution in [0.1, 0.15) is 27.2 Å². The van der Waals surface area contributed by atoms with Crippen LogP contribution in [0.2, 0.25) is 0 Å². The summed E-state index contributed by atoms with van der Waals surface area (Å²) in [5.74, 6) is 0.449. The molecular formula is C8H15Cl2N. The predicted molar refractivity (Wildman–Crippen MR) is 50.3 cm³/mol. The van der Waals surface area contributed by atoms with Crippen LogP contribution in [0.3, 0.4) is 0 Å². The summed E-state index contributed by atoms with van der Waals surface area (Å²) in [4.78, 5) is 0. The van der Waals surface area contributed by atoms with E-state index >= 15 is 0 Å². The van der Waals surface area contributed by atoms with Gasteiger partial charge in [0.2, 0.25) is 0 Å². The van der Waals surface area contributed by atoms with Crippen molar-refractivity contribution in [3.05, 3.63) is 0 Å². The lowest BCUT2D eigenvalue weighted by atomic mass is 10.1. The SMILES string of the molecule is CC(C)(C)NCC1CC1(Cl)Cl. The van der Waals surface area contributed by atoms with E-state index in [9.17, 15) is 0 Å². The molecule has 1 rings (SSSR count). The number of nitrogens with one attached hydrogen (secondary N) is 1. The highest BCUT2D eigenvalue weighted by molar-refractivity contribution is 6.50. The summed E-state index contributed by atoms with van der Waals surface area (Å²) >= 11 is 11.7. The fourth-order valence-electron chi connectivity index (χ4n) is 0.920. The highest BCUT2D eigenvalue weighted by Crippen LogP contribution is 2.52. The highest BCUT2D eigenvalue weighted by Gasteiger charge is 2.51. The van der Waals surface area contributed by atoms with E-state index < -0.39 is 4.33 Å². The Morgan fingerprint density at radius 1 is 1.45 bits per heavy atom. The number of hydrogen-bond donors (Lipinski definition) is 1. The van der Waals surface area contributed by atoms with E-state index in [1.807, 2.05) is 0 Å². The summed E-state index contributed by atoms with van der Waals surface area (Å²) < 4.78 is -0.432. The largest absolute Gasteiger partial charge is 0.312 e. The standard InChI is InChI=1S/C8H15Cl2N/c1-7(2,3)11-5-6-4-8(6,9)10/h6,11H,4-5H2,1-3H3. The van der Waals surface area contributed by atoms with Gasteiger partial charge in [-0.25, -0.2) is 0 Å². The lowest BCUT2D eigenvalue weighted by Crippen LogP contribution is -2.37. The summed E-state index contributed by atoms with van der Waals surface area (Å²) in [5, 5.41) is 3.37. The monoisotopic (exact) mass is 195 g/mol. The third-order valence-corrected chi connectivity index (χ3v) is 2.76. The molecule has 0 bridgehead atoms. The Labute approximate surface area is 78.4 Å². The van der Waals surface area contributed by atoms with Crippen molar-refractivity contribution in [2.75, 3.05) is 6.54 Å². The summed E-state index contributed by atoms with van der Waals surface area (Å²) in [5.41, 5.74) is 0.173. The molecule has 0 heterocycles.